The lowest BCUT2D eigenvalue weighted by atomic mass is 10.3. The number of nitrogens with two attached hydrogens (primary N) is 1. The van der Waals surface area contributed by atoms with Gasteiger partial charge in [-0.25, -0.2) is 0 Å². The second kappa shape index (κ2) is 4.72. The van der Waals surface area contributed by atoms with E-state index in [0.717, 1.165) is 12.8 Å². The lowest BCUT2D eigenvalue weighted by Gasteiger charge is -2.13. The number of anilines is 1. The Kier molecular flexibility index (Phi) is 3.27. The van der Waals surface area contributed by atoms with Gasteiger partial charge in [0.05, 0.1) is 5.69 Å². The van der Waals surface area contributed by atoms with Gasteiger partial charge in [0.2, 0.25) is 5.91 Å². The standard InChI is InChI=1S/C12H18N4O2/c1-7(11(17)14-2)15-12(18)10-5-8(13)6-16(10)9-3-4-9/h5-7,9H,3-4,13H2,1-2H3,(H,14,17)(H,15,18). The van der Waals surface area contributed by atoms with Gasteiger partial charge in [-0.2, -0.15) is 0 Å². The van der Waals surface area contributed by atoms with Crippen LogP contribution in [0.3, 0.4) is 0 Å². The summed E-state index contributed by atoms with van der Waals surface area (Å²) in [6.45, 7) is 1.64. The van der Waals surface area contributed by atoms with Gasteiger partial charge in [0, 0.05) is 19.3 Å². The molecule has 2 rings (SSSR count). The van der Waals surface area contributed by atoms with Gasteiger partial charge in [-0.05, 0) is 25.8 Å². The average Bonchev–Trinajstić information content (AvgIpc) is 3.11. The zero-order chi connectivity index (χ0) is 13.3. The lowest BCUT2D eigenvalue weighted by Crippen LogP contribution is -2.44. The minimum Gasteiger partial charge on any atom is -0.397 e. The summed E-state index contributed by atoms with van der Waals surface area (Å²) in [5.41, 5.74) is 6.81. The predicted molar refractivity (Wildman–Crippen MR) is 68.1 cm³/mol. The van der Waals surface area contributed by atoms with Crippen molar-refractivity contribution in [2.45, 2.75) is 31.8 Å². The Morgan fingerprint density at radius 3 is 2.72 bits per heavy atom. The Morgan fingerprint density at radius 2 is 2.17 bits per heavy atom. The number of carbonyl (C=O) groups is 2. The monoisotopic (exact) mass is 250 g/mol. The normalized spacial score (nSPS) is 16.1. The van der Waals surface area contributed by atoms with Gasteiger partial charge in [0.25, 0.3) is 5.91 Å². The Labute approximate surface area is 106 Å². The van der Waals surface area contributed by atoms with E-state index in [1.54, 1.807) is 19.2 Å². The van der Waals surface area contributed by atoms with Gasteiger partial charge in [-0.3, -0.25) is 9.59 Å². The lowest BCUT2D eigenvalue weighted by molar-refractivity contribution is -0.122. The Hall–Kier alpha value is -1.98. The molecule has 1 atom stereocenters. The second-order valence-electron chi connectivity index (χ2n) is 4.61. The maximum atomic E-state index is 12.1. The molecule has 1 aromatic heterocycles. The number of aromatic nitrogens is 1. The maximum Gasteiger partial charge on any atom is 0.268 e. The number of likely N-dealkylation sites (N-methyl/N-ethyl adjacent to an activating group) is 1. The van der Waals surface area contributed by atoms with E-state index >= 15 is 0 Å². The summed E-state index contributed by atoms with van der Waals surface area (Å²) in [6.07, 6.45) is 3.91. The smallest absolute Gasteiger partial charge is 0.268 e. The highest BCUT2D eigenvalue weighted by atomic mass is 16.2. The molecular formula is C12H18N4O2. The van der Waals surface area contributed by atoms with E-state index in [1.165, 1.54) is 7.05 Å². The number of carbonyl (C=O) groups excluding carboxylic acids is 2. The molecule has 18 heavy (non-hydrogen) atoms. The summed E-state index contributed by atoms with van der Waals surface area (Å²) < 4.78 is 1.89. The van der Waals surface area contributed by atoms with Gasteiger partial charge >= 0.3 is 0 Å². The molecule has 1 fully saturated rings. The number of hydrogen-bond acceptors (Lipinski definition) is 3. The van der Waals surface area contributed by atoms with Gasteiger partial charge in [-0.1, -0.05) is 0 Å². The first kappa shape index (κ1) is 12.5. The van der Waals surface area contributed by atoms with Crippen molar-refractivity contribution in [1.29, 1.82) is 0 Å². The van der Waals surface area contributed by atoms with Crippen LogP contribution in [0.1, 0.15) is 36.3 Å². The summed E-state index contributed by atoms with van der Waals surface area (Å²) in [5, 5.41) is 5.15. The molecule has 1 aromatic rings. The van der Waals surface area contributed by atoms with Gasteiger partial charge in [-0.15, -0.1) is 0 Å². The van der Waals surface area contributed by atoms with Gasteiger partial charge < -0.3 is 20.9 Å². The fourth-order valence-corrected chi connectivity index (χ4v) is 1.89. The van der Waals surface area contributed by atoms with Crippen LogP contribution in [-0.2, 0) is 4.79 Å². The van der Waals surface area contributed by atoms with Crippen LogP contribution in [-0.4, -0.2) is 29.5 Å². The molecule has 4 N–H and O–H groups in total. The molecule has 98 valence electrons. The molecule has 2 amide bonds. The fraction of sp³-hybridized carbons (Fsp3) is 0.500. The molecule has 0 bridgehead atoms. The van der Waals surface area contributed by atoms with Crippen molar-refractivity contribution in [3.63, 3.8) is 0 Å². The first-order valence-corrected chi connectivity index (χ1v) is 6.02. The number of amides is 2. The highest BCUT2D eigenvalue weighted by Gasteiger charge is 2.28. The van der Waals surface area contributed by atoms with Crippen molar-refractivity contribution in [1.82, 2.24) is 15.2 Å². The van der Waals surface area contributed by atoms with Crippen molar-refractivity contribution in [2.75, 3.05) is 12.8 Å². The van der Waals surface area contributed by atoms with E-state index in [2.05, 4.69) is 10.6 Å². The highest BCUT2D eigenvalue weighted by molar-refractivity contribution is 5.97. The Bertz CT molecular complexity index is 476. The van der Waals surface area contributed by atoms with Crippen molar-refractivity contribution < 1.29 is 9.59 Å². The summed E-state index contributed by atoms with van der Waals surface area (Å²) >= 11 is 0. The van der Waals surface area contributed by atoms with E-state index in [1.807, 2.05) is 4.57 Å². The van der Waals surface area contributed by atoms with E-state index in [9.17, 15) is 9.59 Å². The summed E-state index contributed by atoms with van der Waals surface area (Å²) in [7, 11) is 1.54. The van der Waals surface area contributed by atoms with Crippen LogP contribution in [0.4, 0.5) is 5.69 Å². The van der Waals surface area contributed by atoms with Crippen molar-refractivity contribution >= 4 is 17.5 Å². The number of hydrogen-bond donors (Lipinski definition) is 3. The highest BCUT2D eigenvalue weighted by Crippen LogP contribution is 2.37. The first-order chi connectivity index (χ1) is 8.52. The molecule has 1 heterocycles. The minimum absolute atomic E-state index is 0.221. The number of nitrogens with one attached hydrogen (secondary N) is 2. The van der Waals surface area contributed by atoms with Crippen LogP contribution >= 0.6 is 0 Å². The summed E-state index contributed by atoms with van der Waals surface area (Å²) in [4.78, 5) is 23.4. The quantitative estimate of drug-likeness (QED) is 0.716. The van der Waals surface area contributed by atoms with Crippen LogP contribution in [0, 0.1) is 0 Å². The first-order valence-electron chi connectivity index (χ1n) is 6.02. The molecular weight excluding hydrogens is 232 g/mol. The fourth-order valence-electron chi connectivity index (χ4n) is 1.89. The maximum absolute atomic E-state index is 12.1. The van der Waals surface area contributed by atoms with Crippen molar-refractivity contribution in [2.24, 2.45) is 0 Å². The van der Waals surface area contributed by atoms with Crippen LogP contribution in [0.5, 0.6) is 0 Å². The van der Waals surface area contributed by atoms with Gasteiger partial charge in [0.1, 0.15) is 11.7 Å². The molecule has 0 aliphatic heterocycles. The third kappa shape index (κ3) is 2.47. The second-order valence-corrected chi connectivity index (χ2v) is 4.61. The topological polar surface area (TPSA) is 89.2 Å². The van der Waals surface area contributed by atoms with Crippen molar-refractivity contribution in [3.8, 4) is 0 Å². The molecule has 1 aliphatic carbocycles. The zero-order valence-corrected chi connectivity index (χ0v) is 10.6. The van der Waals surface area contributed by atoms with E-state index in [4.69, 9.17) is 5.73 Å². The molecule has 0 aromatic carbocycles. The van der Waals surface area contributed by atoms with E-state index in [0.29, 0.717) is 17.4 Å². The number of nitrogen functional groups attached to an aromatic ring is 1. The number of rotatable bonds is 4. The molecule has 6 nitrogen and oxygen atoms in total. The third-order valence-electron chi connectivity index (χ3n) is 3.03. The molecule has 6 heteroatoms. The van der Waals surface area contributed by atoms with Gasteiger partial charge in [0.15, 0.2) is 0 Å². The van der Waals surface area contributed by atoms with E-state index in [-0.39, 0.29) is 11.8 Å². The molecule has 0 saturated heterocycles. The van der Waals surface area contributed by atoms with Crippen LogP contribution in [0.25, 0.3) is 0 Å². The molecule has 1 unspecified atom stereocenters. The average molecular weight is 250 g/mol. The zero-order valence-electron chi connectivity index (χ0n) is 10.6. The third-order valence-corrected chi connectivity index (χ3v) is 3.03. The molecule has 0 radical (unpaired) electrons. The predicted octanol–water partition coefficient (Wildman–Crippen LogP) is 0.269. The van der Waals surface area contributed by atoms with Crippen molar-refractivity contribution in [3.05, 3.63) is 18.0 Å². The molecule has 1 aliphatic rings. The number of nitrogens with zero attached hydrogens (tertiary/aromatic N) is 1. The van der Waals surface area contributed by atoms with Crippen LogP contribution < -0.4 is 16.4 Å². The van der Waals surface area contributed by atoms with Crippen LogP contribution in [0.2, 0.25) is 0 Å². The Balaban J connectivity index is 2.11. The Morgan fingerprint density at radius 1 is 1.50 bits per heavy atom. The van der Waals surface area contributed by atoms with Crippen LogP contribution in [0.15, 0.2) is 12.3 Å². The SMILES string of the molecule is CNC(=O)C(C)NC(=O)c1cc(N)cn1C1CC1. The molecule has 0 spiro atoms. The minimum atomic E-state index is -0.564. The summed E-state index contributed by atoms with van der Waals surface area (Å²) in [5.74, 6) is -0.490. The largest absolute Gasteiger partial charge is 0.397 e. The van der Waals surface area contributed by atoms with E-state index < -0.39 is 6.04 Å². The molecule has 1 saturated carbocycles. The summed E-state index contributed by atoms with van der Waals surface area (Å²) in [6, 6.07) is 1.45.